The van der Waals surface area contributed by atoms with Crippen molar-refractivity contribution in [2.24, 2.45) is 0 Å². The van der Waals surface area contributed by atoms with Crippen molar-refractivity contribution in [3.8, 4) is 0 Å². The first-order valence-electron chi connectivity index (χ1n) is 1.81. The van der Waals surface area contributed by atoms with E-state index in [0.717, 1.165) is 0 Å². The molecule has 0 aliphatic rings. The maximum atomic E-state index is 11.4. The van der Waals surface area contributed by atoms with Crippen LogP contribution < -0.4 is 58.2 Å². The molecule has 0 aromatic heterocycles. The molecule has 0 saturated heterocycles. The van der Waals surface area contributed by atoms with Gasteiger partial charge in [-0.1, -0.05) is 0 Å². The Morgan fingerprint density at radius 1 is 1.27 bits per heavy atom. The molecule has 0 aliphatic heterocycles. The van der Waals surface area contributed by atoms with Crippen LogP contribution in [0.1, 0.15) is 0 Å². The molecule has 0 aromatic carbocycles. The van der Waals surface area contributed by atoms with Crippen LogP contribution in [0.25, 0.3) is 0 Å². The zero-order chi connectivity index (χ0) is 8.58. The summed E-state index contributed by atoms with van der Waals surface area (Å²) in [6.45, 7) is 0. The number of rotatable bonds is 2. The van der Waals surface area contributed by atoms with Gasteiger partial charge in [-0.25, -0.2) is 17.2 Å². The van der Waals surface area contributed by atoms with Gasteiger partial charge in [0.05, 0.1) is 0 Å². The minimum Gasteiger partial charge on any atom is -0.743 e. The monoisotopic (exact) mass is 266 g/mol. The summed E-state index contributed by atoms with van der Waals surface area (Å²) >= 11 is 0. The first-order valence-corrected chi connectivity index (χ1v) is 3.22. The van der Waals surface area contributed by atoms with Crippen molar-refractivity contribution in [1.29, 1.82) is 0 Å². The third-order valence-corrected chi connectivity index (χ3v) is 1.43. The van der Waals surface area contributed by atoms with E-state index in [1.165, 1.54) is 0 Å². The van der Waals surface area contributed by atoms with Gasteiger partial charge in [0, 0.05) is 0 Å². The smallest absolute Gasteiger partial charge is 0.743 e. The summed E-state index contributed by atoms with van der Waals surface area (Å²) in [6, 6.07) is 0. The molecule has 0 heterocycles. The summed E-state index contributed by atoms with van der Waals surface area (Å²) in [5.74, 6) is 0. The van der Waals surface area contributed by atoms with Crippen LogP contribution in [0.4, 0.5) is 17.6 Å². The Bertz CT molecular complexity index is 211. The molecular formula is C2HF4O3RbS. The van der Waals surface area contributed by atoms with Gasteiger partial charge < -0.3 is 4.55 Å². The van der Waals surface area contributed by atoms with E-state index < -0.39 is 21.8 Å². The van der Waals surface area contributed by atoms with E-state index in [0.29, 0.717) is 0 Å². The summed E-state index contributed by atoms with van der Waals surface area (Å²) in [6.07, 6.45) is -4.48. The first-order chi connectivity index (χ1) is 4.19. The molecule has 3 nitrogen and oxygen atoms in total. The fourth-order valence-electron chi connectivity index (χ4n) is 0.109. The van der Waals surface area contributed by atoms with Crippen molar-refractivity contribution in [3.05, 3.63) is 0 Å². The predicted octanol–water partition coefficient (Wildman–Crippen LogP) is -2.61. The molecule has 0 saturated carbocycles. The van der Waals surface area contributed by atoms with Gasteiger partial charge in [-0.3, -0.25) is 0 Å². The molecule has 9 heteroatoms. The molecule has 0 unspecified atom stereocenters. The Balaban J connectivity index is 0. The third-order valence-electron chi connectivity index (χ3n) is 0.587. The van der Waals surface area contributed by atoms with E-state index in [9.17, 15) is 30.5 Å². The van der Waals surface area contributed by atoms with Crippen LogP contribution in [0.3, 0.4) is 0 Å². The second-order valence-corrected chi connectivity index (χ2v) is 2.77. The standard InChI is InChI=1S/C2H2F4O3S.Rb/c3-1(4)2(5,6)10(7,8)9;/h1H,(H,7,8,9);/q;+1/p-1. The molecule has 0 amide bonds. The van der Waals surface area contributed by atoms with Crippen LogP contribution in [0.15, 0.2) is 0 Å². The Hall–Kier alpha value is 1.44. The van der Waals surface area contributed by atoms with Gasteiger partial charge in [-0.2, -0.15) is 8.78 Å². The van der Waals surface area contributed by atoms with Crippen LogP contribution in [-0.4, -0.2) is 24.7 Å². The predicted molar refractivity (Wildman–Crippen MR) is 20.6 cm³/mol. The van der Waals surface area contributed by atoms with Crippen molar-refractivity contribution in [2.75, 3.05) is 0 Å². The SMILES string of the molecule is O=S(=O)([O-])C(F)(F)C(F)F.[Rb+]. The average molecular weight is 267 g/mol. The molecule has 0 fully saturated rings. The second kappa shape index (κ2) is 4.61. The molecule has 0 atom stereocenters. The van der Waals surface area contributed by atoms with E-state index in [1.807, 2.05) is 0 Å². The van der Waals surface area contributed by atoms with E-state index in [2.05, 4.69) is 0 Å². The molecule has 11 heavy (non-hydrogen) atoms. The summed E-state index contributed by atoms with van der Waals surface area (Å²) in [5, 5.41) is -5.48. The number of hydrogen-bond acceptors (Lipinski definition) is 3. The topological polar surface area (TPSA) is 57.2 Å². The van der Waals surface area contributed by atoms with Gasteiger partial charge in [-0.15, -0.1) is 0 Å². The summed E-state index contributed by atoms with van der Waals surface area (Å²) in [5.41, 5.74) is 0. The largest absolute Gasteiger partial charge is 1.00 e. The Kier molecular flexibility index (Phi) is 6.26. The van der Waals surface area contributed by atoms with E-state index in [-0.39, 0.29) is 58.2 Å². The zero-order valence-electron chi connectivity index (χ0n) is 5.22. The van der Waals surface area contributed by atoms with Gasteiger partial charge in [0.25, 0.3) is 0 Å². The average Bonchev–Trinajstić information content (AvgIpc) is 1.62. The molecule has 0 bridgehead atoms. The molecule has 0 rings (SSSR count). The molecule has 0 aliphatic carbocycles. The Morgan fingerprint density at radius 3 is 1.55 bits per heavy atom. The molecule has 0 N–H and O–H groups in total. The van der Waals surface area contributed by atoms with E-state index >= 15 is 0 Å². The normalized spacial score (nSPS) is 12.9. The molecular weight excluding hydrogens is 266 g/mol. The maximum absolute atomic E-state index is 11.4. The van der Waals surface area contributed by atoms with Crippen molar-refractivity contribution in [2.45, 2.75) is 11.7 Å². The van der Waals surface area contributed by atoms with Crippen LogP contribution in [0, 0.1) is 0 Å². The van der Waals surface area contributed by atoms with Crippen molar-refractivity contribution in [1.82, 2.24) is 0 Å². The van der Waals surface area contributed by atoms with Crippen molar-refractivity contribution >= 4 is 10.1 Å². The fraction of sp³-hybridized carbons (Fsp3) is 1.00. The van der Waals surface area contributed by atoms with Crippen LogP contribution in [0.2, 0.25) is 0 Å². The summed E-state index contributed by atoms with van der Waals surface area (Å²) in [4.78, 5) is 0. The molecule has 0 spiro atoms. The van der Waals surface area contributed by atoms with Gasteiger partial charge in [-0.05, 0) is 0 Å². The van der Waals surface area contributed by atoms with Crippen molar-refractivity contribution < 1.29 is 88.7 Å². The van der Waals surface area contributed by atoms with Gasteiger partial charge in [0.1, 0.15) is 0 Å². The Morgan fingerprint density at radius 2 is 1.55 bits per heavy atom. The van der Waals surface area contributed by atoms with Gasteiger partial charge in [0.2, 0.25) is 0 Å². The minimum absolute atomic E-state index is 0. The van der Waals surface area contributed by atoms with Gasteiger partial charge >= 0.3 is 69.9 Å². The fourth-order valence-corrected chi connectivity index (χ4v) is 0.327. The number of alkyl halides is 4. The first kappa shape index (κ1) is 14.9. The van der Waals surface area contributed by atoms with Crippen molar-refractivity contribution in [3.63, 3.8) is 0 Å². The minimum atomic E-state index is -6.23. The number of halogens is 4. The molecule has 62 valence electrons. The maximum Gasteiger partial charge on any atom is 1.00 e. The van der Waals surface area contributed by atoms with Crippen LogP contribution >= 0.6 is 0 Å². The molecule has 0 aromatic rings. The molecule has 0 radical (unpaired) electrons. The summed E-state index contributed by atoms with van der Waals surface area (Å²) < 4.78 is 72.7. The quantitative estimate of drug-likeness (QED) is 0.407. The van der Waals surface area contributed by atoms with Gasteiger partial charge in [0.15, 0.2) is 10.1 Å². The second-order valence-electron chi connectivity index (χ2n) is 1.32. The summed E-state index contributed by atoms with van der Waals surface area (Å²) in [7, 11) is -6.23. The van der Waals surface area contributed by atoms with E-state index in [1.54, 1.807) is 0 Å². The van der Waals surface area contributed by atoms with E-state index in [4.69, 9.17) is 0 Å². The van der Waals surface area contributed by atoms with Crippen LogP contribution in [-0.2, 0) is 10.1 Å². The zero-order valence-corrected chi connectivity index (χ0v) is 11.0. The van der Waals surface area contributed by atoms with Crippen LogP contribution in [0.5, 0.6) is 0 Å². The third kappa shape index (κ3) is 3.77. The number of hydrogen-bond donors (Lipinski definition) is 0. The Labute approximate surface area is 109 Å².